The van der Waals surface area contributed by atoms with Gasteiger partial charge >= 0.3 is 24.1 Å². The number of aliphatic hydroxyl groups is 1. The van der Waals surface area contributed by atoms with E-state index in [2.05, 4.69) is 30.7 Å². The Balaban J connectivity index is -0.000000605. The molecule has 0 aromatic carbocycles. The molecule has 0 fully saturated rings. The Morgan fingerprint density at radius 1 is 0.763 bits per heavy atom. The third kappa shape index (κ3) is 31.0. The van der Waals surface area contributed by atoms with Crippen LogP contribution < -0.4 is 21.3 Å². The summed E-state index contributed by atoms with van der Waals surface area (Å²) in [5.74, 6) is -0.671. The summed E-state index contributed by atoms with van der Waals surface area (Å²) in [5.41, 5.74) is -0.318. The van der Waals surface area contributed by atoms with E-state index in [1.165, 1.54) is 20.3 Å². The molecule has 0 aliphatic carbocycles. The van der Waals surface area contributed by atoms with Crippen molar-refractivity contribution in [1.29, 1.82) is 0 Å². The van der Waals surface area contributed by atoms with Gasteiger partial charge in [0.2, 0.25) is 0 Å². The van der Waals surface area contributed by atoms with Gasteiger partial charge in [-0.15, -0.1) is 0 Å². The molecule has 13 nitrogen and oxygen atoms in total. The van der Waals surface area contributed by atoms with Gasteiger partial charge in [-0.1, -0.05) is 0 Å². The van der Waals surface area contributed by atoms with Gasteiger partial charge in [0.25, 0.3) is 0 Å². The monoisotopic (exact) mass is 550 g/mol. The van der Waals surface area contributed by atoms with Crippen LogP contribution in [-0.2, 0) is 28.5 Å². The van der Waals surface area contributed by atoms with Crippen LogP contribution in [0.3, 0.4) is 0 Å². The van der Waals surface area contributed by atoms with Gasteiger partial charge < -0.3 is 45.3 Å². The number of ether oxygens (including phenoxy) is 4. The summed E-state index contributed by atoms with van der Waals surface area (Å²) in [6.45, 7) is 16.4. The number of hydrogen-bond donors (Lipinski definition) is 5. The number of methoxy groups -OCH3 is 2. The maximum atomic E-state index is 11.3. The first-order chi connectivity index (χ1) is 17.5. The Kier molecular flexibility index (Phi) is 22.8. The molecule has 0 aromatic rings. The van der Waals surface area contributed by atoms with Crippen LogP contribution in [0.25, 0.3) is 0 Å². The fraction of sp³-hybridized carbons (Fsp3) is 0.760. The lowest BCUT2D eigenvalue weighted by Gasteiger charge is -2.20. The zero-order valence-corrected chi connectivity index (χ0v) is 24.9. The molecular weight excluding hydrogens is 500 g/mol. The van der Waals surface area contributed by atoms with Gasteiger partial charge in [0.1, 0.15) is 11.2 Å². The number of allylic oxidation sites excluding steroid dienone is 1. The fourth-order valence-electron chi connectivity index (χ4n) is 2.23. The minimum atomic E-state index is -0.502. The van der Waals surface area contributed by atoms with Crippen LogP contribution in [0, 0.1) is 0 Å². The van der Waals surface area contributed by atoms with E-state index in [0.717, 1.165) is 7.11 Å². The Bertz CT molecular complexity index is 715. The zero-order chi connectivity index (χ0) is 30.4. The predicted molar refractivity (Wildman–Crippen MR) is 144 cm³/mol. The van der Waals surface area contributed by atoms with E-state index in [9.17, 15) is 19.2 Å². The maximum Gasteiger partial charge on any atom is 0.407 e. The molecule has 0 rings (SSSR count). The number of nitrogens with one attached hydrogen (secondary N) is 4. The molecule has 1 atom stereocenters. The van der Waals surface area contributed by atoms with E-state index in [-0.39, 0.29) is 12.0 Å². The highest BCUT2D eigenvalue weighted by Gasteiger charge is 2.16. The largest absolute Gasteiger partial charge is 0.469 e. The van der Waals surface area contributed by atoms with Crippen LogP contribution >= 0.6 is 0 Å². The number of amides is 2. The van der Waals surface area contributed by atoms with Gasteiger partial charge in [0.15, 0.2) is 0 Å². The predicted octanol–water partition coefficient (Wildman–Crippen LogP) is 1.84. The number of carbonyl (C=O) groups is 4. The molecule has 0 saturated heterocycles. The highest BCUT2D eigenvalue weighted by Crippen LogP contribution is 2.06. The molecule has 0 spiro atoms. The number of rotatable bonds is 11. The van der Waals surface area contributed by atoms with Crippen molar-refractivity contribution in [2.24, 2.45) is 0 Å². The second-order valence-corrected chi connectivity index (χ2v) is 9.77. The smallest absolute Gasteiger partial charge is 0.407 e. The number of esters is 2. The summed E-state index contributed by atoms with van der Waals surface area (Å²) < 4.78 is 19.2. The lowest BCUT2D eigenvalue weighted by atomic mass is 10.2. The van der Waals surface area contributed by atoms with Gasteiger partial charge in [-0.25, -0.2) is 14.4 Å². The Labute approximate surface area is 227 Å². The highest BCUT2D eigenvalue weighted by atomic mass is 16.6. The van der Waals surface area contributed by atoms with Gasteiger partial charge in [0, 0.05) is 51.1 Å². The molecule has 2 amide bonds. The first-order valence-corrected chi connectivity index (χ1v) is 12.2. The Morgan fingerprint density at radius 3 is 1.58 bits per heavy atom. The second kappa shape index (κ2) is 22.0. The third-order valence-corrected chi connectivity index (χ3v) is 3.72. The highest BCUT2D eigenvalue weighted by molar-refractivity contribution is 5.82. The molecule has 0 heterocycles. The molecule has 38 heavy (non-hydrogen) atoms. The quantitative estimate of drug-likeness (QED) is 0.110. The average molecular weight is 551 g/mol. The van der Waals surface area contributed by atoms with Crippen molar-refractivity contribution in [2.75, 3.05) is 47.5 Å². The average Bonchev–Trinajstić information content (AvgIpc) is 2.79. The second-order valence-electron chi connectivity index (χ2n) is 9.77. The summed E-state index contributed by atoms with van der Waals surface area (Å²) in [7, 11) is 3.68. The Morgan fingerprint density at radius 2 is 1.18 bits per heavy atom. The standard InChI is InChI=1S/C12H24N2O4.C12H22N2O4.CH4O/c2*1-9(8-10(15)17-5)13-6-7-14-11(16)18-12(2,3)4;1-2/h9,13H,6-8H2,1-5H3,(H,14,16);8,13H,6-7H2,1-5H3,(H,14,16);2H,1H3/b;9-8-;. The van der Waals surface area contributed by atoms with E-state index < -0.39 is 29.4 Å². The molecule has 224 valence electrons. The Hall–Kier alpha value is -3.06. The van der Waals surface area contributed by atoms with Gasteiger partial charge in [-0.3, -0.25) is 4.79 Å². The van der Waals surface area contributed by atoms with Crippen molar-refractivity contribution < 1.29 is 43.2 Å². The fourth-order valence-corrected chi connectivity index (χ4v) is 2.23. The lowest BCUT2D eigenvalue weighted by molar-refractivity contribution is -0.141. The van der Waals surface area contributed by atoms with E-state index >= 15 is 0 Å². The van der Waals surface area contributed by atoms with Crippen molar-refractivity contribution in [3.8, 4) is 0 Å². The third-order valence-electron chi connectivity index (χ3n) is 3.72. The molecule has 5 N–H and O–H groups in total. The van der Waals surface area contributed by atoms with Crippen molar-refractivity contribution >= 4 is 24.1 Å². The molecular formula is C25H50N4O9. The number of alkyl carbamates (subject to hydrolysis) is 2. The van der Waals surface area contributed by atoms with E-state index in [4.69, 9.17) is 14.6 Å². The van der Waals surface area contributed by atoms with Crippen molar-refractivity contribution in [3.05, 3.63) is 11.8 Å². The van der Waals surface area contributed by atoms with Gasteiger partial charge in [0.05, 0.1) is 20.6 Å². The summed E-state index contributed by atoms with van der Waals surface area (Å²) in [6.07, 6.45) is 0.750. The minimum absolute atomic E-state index is 0.0119. The molecule has 13 heteroatoms. The van der Waals surface area contributed by atoms with E-state index in [1.807, 2.05) is 27.7 Å². The molecule has 0 bridgehead atoms. The van der Waals surface area contributed by atoms with Crippen LogP contribution in [0.2, 0.25) is 0 Å². The van der Waals surface area contributed by atoms with Crippen LogP contribution in [0.5, 0.6) is 0 Å². The van der Waals surface area contributed by atoms with E-state index in [1.54, 1.807) is 27.7 Å². The van der Waals surface area contributed by atoms with Crippen LogP contribution in [0.1, 0.15) is 61.8 Å². The lowest BCUT2D eigenvalue weighted by Crippen LogP contribution is -2.39. The van der Waals surface area contributed by atoms with Crippen molar-refractivity contribution in [3.63, 3.8) is 0 Å². The maximum absolute atomic E-state index is 11.3. The molecule has 0 radical (unpaired) electrons. The summed E-state index contributed by atoms with van der Waals surface area (Å²) in [5, 5.41) is 18.3. The number of aliphatic hydroxyl groups excluding tert-OH is 1. The molecule has 0 aromatic heterocycles. The molecule has 0 saturated carbocycles. The number of hydrogen-bond acceptors (Lipinski definition) is 11. The van der Waals surface area contributed by atoms with Crippen molar-refractivity contribution in [2.45, 2.75) is 79.1 Å². The summed E-state index contributed by atoms with van der Waals surface area (Å²) in [4.78, 5) is 44.4. The van der Waals surface area contributed by atoms with Crippen LogP contribution in [-0.4, -0.2) is 94.0 Å². The van der Waals surface area contributed by atoms with Crippen LogP contribution in [0.15, 0.2) is 11.8 Å². The first kappa shape index (κ1) is 39.5. The molecule has 0 aliphatic rings. The van der Waals surface area contributed by atoms with Gasteiger partial charge in [-0.2, -0.15) is 0 Å². The van der Waals surface area contributed by atoms with Gasteiger partial charge in [-0.05, 0) is 55.4 Å². The first-order valence-electron chi connectivity index (χ1n) is 12.2. The van der Waals surface area contributed by atoms with Crippen LogP contribution in [0.4, 0.5) is 9.59 Å². The van der Waals surface area contributed by atoms with E-state index in [0.29, 0.717) is 38.3 Å². The number of carbonyl (C=O) groups excluding carboxylic acids is 4. The topological polar surface area (TPSA) is 174 Å². The summed E-state index contributed by atoms with van der Waals surface area (Å²) >= 11 is 0. The molecule has 0 aliphatic heterocycles. The normalized spacial score (nSPS) is 11.7. The van der Waals surface area contributed by atoms with Crippen molar-refractivity contribution in [1.82, 2.24) is 21.3 Å². The minimum Gasteiger partial charge on any atom is -0.469 e. The SMILES string of the molecule is CO.COC(=O)/C=C(/C)NCCNC(=O)OC(C)(C)C.COC(=O)CC(C)NCCNC(=O)OC(C)(C)C. The zero-order valence-electron chi connectivity index (χ0n) is 24.9. The molecule has 1 unspecified atom stereocenters. The summed E-state index contributed by atoms with van der Waals surface area (Å²) in [6, 6.07) is 0.0119.